The van der Waals surface area contributed by atoms with Crippen LogP contribution in [0.2, 0.25) is 0 Å². The number of methoxy groups -OCH3 is 1. The smallest absolute Gasteiger partial charge is 0.349 e. The van der Waals surface area contributed by atoms with Crippen molar-refractivity contribution >= 4 is 17.8 Å². The Balaban J connectivity index is 0.000000195. The quantitative estimate of drug-likeness (QED) is 0.0154. The lowest BCUT2D eigenvalue weighted by Gasteiger charge is -2.25. The number of aliphatic hydroxyl groups is 1. The Kier molecular flexibility index (Phi) is 20.1. The standard InChI is InChI=1S/C42H33N2O8.C33H31N2O5/c1-49-42(47)39(52-44-40(45)32-24-14-15-25-33(32)41(44)46)34-26-35(50-37(28-16-6-2-7-17-28)29-18-8-3-9-19-29)36(27-43(34)48)51-38(30-20-10-4-11-21-30)31-22-12-5-13-23-31;34-40-31(23-36)28-21-29(38-32(24-13-5-1-6-14-24)25-15-7-2-8-16-25)30(22-35(28)37)39-33(26-17-9-3-10-18-26)27-19-11-4-12-20-27/h2-27,37-39,48H,1H3;1-22,31-33,36-37H,23,34H2/q2*+1. The van der Waals surface area contributed by atoms with Gasteiger partial charge in [0.15, 0.2) is 17.6 Å². The van der Waals surface area contributed by atoms with E-state index in [1.807, 2.05) is 243 Å². The monoisotopic (exact) mass is 1230 g/mol. The number of carbonyl (C=O) groups excluding carboxylic acids is 3. The van der Waals surface area contributed by atoms with Crippen molar-refractivity contribution in [1.82, 2.24) is 5.06 Å². The van der Waals surface area contributed by atoms with Crippen molar-refractivity contribution in [2.75, 3.05) is 13.7 Å². The van der Waals surface area contributed by atoms with E-state index in [1.54, 1.807) is 18.2 Å². The molecule has 92 heavy (non-hydrogen) atoms. The van der Waals surface area contributed by atoms with Crippen LogP contribution in [0.4, 0.5) is 0 Å². The Morgan fingerprint density at radius 1 is 0.413 bits per heavy atom. The first-order valence-electron chi connectivity index (χ1n) is 29.4. The number of hydroxylamine groups is 2. The Bertz CT molecular complexity index is 4030. The number of nitrogens with zero attached hydrogens (tertiary/aromatic N) is 3. The van der Waals surface area contributed by atoms with Crippen molar-refractivity contribution in [2.45, 2.75) is 36.6 Å². The molecule has 3 heterocycles. The second-order valence-electron chi connectivity index (χ2n) is 21.1. The first kappa shape index (κ1) is 62.1. The van der Waals surface area contributed by atoms with Gasteiger partial charge in [0.25, 0.3) is 41.7 Å². The van der Waals surface area contributed by atoms with E-state index in [1.165, 1.54) is 30.6 Å². The first-order chi connectivity index (χ1) is 45.1. The molecule has 1 aliphatic rings. The van der Waals surface area contributed by atoms with Crippen molar-refractivity contribution in [3.8, 4) is 23.0 Å². The number of pyridine rings is 2. The number of aromatic nitrogens is 2. The molecule has 1 aliphatic heterocycles. The van der Waals surface area contributed by atoms with Gasteiger partial charge in [0.1, 0.15) is 24.4 Å². The normalized spacial score (nSPS) is 12.4. The fourth-order valence-corrected chi connectivity index (χ4v) is 10.6. The molecule has 0 fully saturated rings. The minimum absolute atomic E-state index is 0.113. The van der Waals surface area contributed by atoms with Crippen LogP contribution in [-0.4, -0.2) is 52.1 Å². The number of imide groups is 1. The van der Waals surface area contributed by atoms with Gasteiger partial charge in [-0.05, 0) is 56.6 Å². The highest BCUT2D eigenvalue weighted by molar-refractivity contribution is 6.20. The predicted molar refractivity (Wildman–Crippen MR) is 337 cm³/mol. The van der Waals surface area contributed by atoms with Gasteiger partial charge in [-0.25, -0.2) is 15.5 Å². The van der Waals surface area contributed by atoms with Gasteiger partial charge in [-0.3, -0.25) is 24.8 Å². The summed E-state index contributed by atoms with van der Waals surface area (Å²) >= 11 is 0. The Labute approximate surface area is 530 Å². The van der Waals surface area contributed by atoms with Crippen LogP contribution >= 0.6 is 0 Å². The molecule has 0 saturated heterocycles. The van der Waals surface area contributed by atoms with Crippen LogP contribution in [0.25, 0.3) is 0 Å². The number of ether oxygens (including phenoxy) is 5. The molecule has 2 atom stereocenters. The van der Waals surface area contributed by atoms with Gasteiger partial charge in [0, 0.05) is 9.46 Å². The minimum Gasteiger partial charge on any atom is -0.477 e. The third-order valence-corrected chi connectivity index (χ3v) is 15.2. The molecule has 5 N–H and O–H groups in total. The Morgan fingerprint density at radius 2 is 0.674 bits per heavy atom. The zero-order valence-corrected chi connectivity index (χ0v) is 49.7. The number of hydrogen-bond acceptors (Lipinski definition) is 14. The molecule has 9 aromatic carbocycles. The molecule has 2 unspecified atom stereocenters. The molecular weight excluding hydrogens is 1160 g/mol. The van der Waals surface area contributed by atoms with Crippen molar-refractivity contribution in [3.63, 3.8) is 0 Å². The van der Waals surface area contributed by atoms with E-state index < -0.39 is 61.0 Å². The van der Waals surface area contributed by atoms with Crippen LogP contribution in [0.15, 0.2) is 291 Å². The van der Waals surface area contributed by atoms with Crippen molar-refractivity contribution in [2.24, 2.45) is 5.90 Å². The molecule has 0 radical (unpaired) electrons. The Hall–Kier alpha value is -11.5. The molecule has 2 amide bonds. The second-order valence-corrected chi connectivity index (χ2v) is 21.1. The molecule has 460 valence electrons. The summed E-state index contributed by atoms with van der Waals surface area (Å²) in [6.07, 6.45) is -2.45. The molecule has 0 bridgehead atoms. The number of nitrogens with two attached hydrogens (primary N) is 1. The van der Waals surface area contributed by atoms with Crippen molar-refractivity contribution in [1.29, 1.82) is 0 Å². The lowest BCUT2D eigenvalue weighted by molar-refractivity contribution is -0.911. The van der Waals surface area contributed by atoms with Crippen LogP contribution in [0.3, 0.4) is 0 Å². The van der Waals surface area contributed by atoms with Gasteiger partial charge < -0.3 is 28.8 Å². The predicted octanol–water partition coefficient (Wildman–Crippen LogP) is 12.5. The SMILES string of the molecule is COC(=O)C(ON1C(=O)c2ccccc2C1=O)c1cc(OC(c2ccccc2)c2ccccc2)c(OC(c2ccccc2)c2ccccc2)c[n+]1O.NOC(CO)c1cc(OC(c2ccccc2)c2ccccc2)c(OC(c2ccccc2)c2ccccc2)c[n+]1O. The highest BCUT2D eigenvalue weighted by Gasteiger charge is 2.44. The molecule has 17 nitrogen and oxygen atoms in total. The molecule has 11 aromatic rings. The third kappa shape index (κ3) is 14.3. The van der Waals surface area contributed by atoms with Gasteiger partial charge in [0.05, 0.1) is 37.0 Å². The number of fused-ring (bicyclic) bond motifs is 1. The summed E-state index contributed by atoms with van der Waals surface area (Å²) in [6.45, 7) is -0.450. The van der Waals surface area contributed by atoms with E-state index in [9.17, 15) is 29.9 Å². The van der Waals surface area contributed by atoms with Crippen LogP contribution in [0.5, 0.6) is 23.0 Å². The lowest BCUT2D eigenvalue weighted by atomic mass is 10.0. The van der Waals surface area contributed by atoms with Gasteiger partial charge >= 0.3 is 5.97 Å². The van der Waals surface area contributed by atoms with Gasteiger partial charge in [0.2, 0.25) is 11.5 Å². The highest BCUT2D eigenvalue weighted by atomic mass is 16.7. The summed E-state index contributed by atoms with van der Waals surface area (Å²) in [5.41, 5.74) is 7.22. The van der Waals surface area contributed by atoms with Crippen LogP contribution in [0, 0.1) is 0 Å². The van der Waals surface area contributed by atoms with Crippen molar-refractivity contribution in [3.05, 3.63) is 358 Å². The fraction of sp³-hybridized carbons (Fsp3) is 0.107. The molecule has 2 aromatic heterocycles. The largest absolute Gasteiger partial charge is 0.477 e. The maximum absolute atomic E-state index is 13.4. The van der Waals surface area contributed by atoms with Crippen LogP contribution in [-0.2, 0) is 19.2 Å². The van der Waals surface area contributed by atoms with Crippen LogP contribution < -0.4 is 34.3 Å². The average Bonchev–Trinajstić information content (AvgIpc) is 1.39. The molecule has 0 spiro atoms. The average molecular weight is 1230 g/mol. The second kappa shape index (κ2) is 29.7. The number of aliphatic hydroxyl groups excluding tert-OH is 1. The Morgan fingerprint density at radius 3 is 0.946 bits per heavy atom. The zero-order chi connectivity index (χ0) is 63.8. The minimum atomic E-state index is -1.79. The fourth-order valence-electron chi connectivity index (χ4n) is 10.6. The number of hydrogen-bond donors (Lipinski definition) is 4. The number of amides is 2. The highest BCUT2D eigenvalue weighted by Crippen LogP contribution is 2.42. The summed E-state index contributed by atoms with van der Waals surface area (Å²) in [5, 5.41) is 32.8. The molecular formula is C75H64N4O13+2. The first-order valence-corrected chi connectivity index (χ1v) is 29.4. The third-order valence-electron chi connectivity index (χ3n) is 15.2. The number of rotatable bonds is 23. The van der Waals surface area contributed by atoms with E-state index in [2.05, 4.69) is 0 Å². The zero-order valence-electron chi connectivity index (χ0n) is 49.7. The lowest BCUT2D eigenvalue weighted by Crippen LogP contribution is -2.43. The molecule has 0 aliphatic carbocycles. The summed E-state index contributed by atoms with van der Waals surface area (Å²) in [5.74, 6) is 3.77. The number of esters is 1. The van der Waals surface area contributed by atoms with Crippen LogP contribution in [0.1, 0.15) is 113 Å². The maximum atomic E-state index is 13.4. The molecule has 0 saturated carbocycles. The molecule has 17 heteroatoms. The van der Waals surface area contributed by atoms with Gasteiger partial charge in [-0.1, -0.05) is 255 Å². The summed E-state index contributed by atoms with van der Waals surface area (Å²) in [4.78, 5) is 50.6. The van der Waals surface area contributed by atoms with Gasteiger partial charge in [-0.15, -0.1) is 5.06 Å². The van der Waals surface area contributed by atoms with Gasteiger partial charge in [-0.2, -0.15) is 0 Å². The maximum Gasteiger partial charge on any atom is 0.349 e. The van der Waals surface area contributed by atoms with E-state index >= 15 is 0 Å². The van der Waals surface area contributed by atoms with Crippen molar-refractivity contribution < 1.29 is 72.7 Å². The van der Waals surface area contributed by atoms with E-state index in [4.69, 9.17) is 39.3 Å². The molecule has 12 rings (SSSR count). The summed E-state index contributed by atoms with van der Waals surface area (Å²) in [7, 11) is 1.13. The number of carbonyl (C=O) groups is 3. The summed E-state index contributed by atoms with van der Waals surface area (Å²) < 4.78 is 33.4. The van der Waals surface area contributed by atoms with E-state index in [-0.39, 0.29) is 39.8 Å². The van der Waals surface area contributed by atoms with E-state index in [0.717, 1.165) is 56.3 Å². The topological polar surface area (TPSA) is 214 Å². The van der Waals surface area contributed by atoms with E-state index in [0.29, 0.717) is 15.5 Å². The summed E-state index contributed by atoms with van der Waals surface area (Å²) in [6, 6.07) is 86.7. The number of benzene rings is 9.